The summed E-state index contributed by atoms with van der Waals surface area (Å²) >= 11 is 3.33. The Kier molecular flexibility index (Phi) is 7.34. The second-order valence-corrected chi connectivity index (χ2v) is 7.25. The first-order valence-electron chi connectivity index (χ1n) is 9.21. The summed E-state index contributed by atoms with van der Waals surface area (Å²) in [5.41, 5.74) is 5.65. The fraction of sp³-hybridized carbons (Fsp3) is 0.0870. The van der Waals surface area contributed by atoms with Gasteiger partial charge in [-0.05, 0) is 76.4 Å². The average molecular weight is 466 g/mol. The molecule has 3 aromatic rings. The molecule has 7 heteroatoms. The van der Waals surface area contributed by atoms with Gasteiger partial charge in [0.05, 0.1) is 18.3 Å². The molecular formula is C23H20BrN3O3. The Hall–Kier alpha value is -3.45. The van der Waals surface area contributed by atoms with Crippen LogP contribution in [0.2, 0.25) is 0 Å². The van der Waals surface area contributed by atoms with Gasteiger partial charge in [0.1, 0.15) is 5.75 Å². The molecule has 3 rings (SSSR count). The molecule has 0 fully saturated rings. The smallest absolute Gasteiger partial charge is 0.344 e. The number of hydrogen-bond donors (Lipinski definition) is 2. The van der Waals surface area contributed by atoms with Gasteiger partial charge in [0.25, 0.3) is 5.91 Å². The minimum absolute atomic E-state index is 0.117. The van der Waals surface area contributed by atoms with E-state index in [9.17, 15) is 9.59 Å². The van der Waals surface area contributed by atoms with Crippen LogP contribution in [0.25, 0.3) is 0 Å². The molecule has 30 heavy (non-hydrogen) atoms. The van der Waals surface area contributed by atoms with Crippen LogP contribution >= 0.6 is 15.9 Å². The lowest BCUT2D eigenvalue weighted by molar-refractivity contribution is -0.119. The first-order valence-corrected chi connectivity index (χ1v) is 10.0. The summed E-state index contributed by atoms with van der Waals surface area (Å²) < 4.78 is 6.04. The van der Waals surface area contributed by atoms with Gasteiger partial charge in [-0.2, -0.15) is 5.10 Å². The minimum Gasteiger partial charge on any atom is -0.423 e. The number of carbonyl (C=O) groups excluding carboxylic acids is 2. The van der Waals surface area contributed by atoms with Crippen LogP contribution in [0.15, 0.2) is 82.4 Å². The maximum absolute atomic E-state index is 12.2. The molecule has 0 spiro atoms. The molecule has 3 aromatic carbocycles. The number of halogens is 1. The average Bonchev–Trinajstić information content (AvgIpc) is 2.74. The number of benzene rings is 3. The lowest BCUT2D eigenvalue weighted by Crippen LogP contribution is -2.26. The first-order chi connectivity index (χ1) is 14.5. The number of ether oxygens (including phenoxy) is 1. The fourth-order valence-electron chi connectivity index (χ4n) is 2.58. The van der Waals surface area contributed by atoms with Crippen molar-refractivity contribution < 1.29 is 14.3 Å². The summed E-state index contributed by atoms with van der Waals surface area (Å²) in [6, 6.07) is 21.6. The van der Waals surface area contributed by atoms with Gasteiger partial charge in [0.15, 0.2) is 0 Å². The third-order valence-corrected chi connectivity index (χ3v) is 4.86. The van der Waals surface area contributed by atoms with Crippen molar-refractivity contribution >= 4 is 39.7 Å². The van der Waals surface area contributed by atoms with Crippen LogP contribution in [0.3, 0.4) is 0 Å². The standard InChI is InChI=1S/C23H20BrN3O3/c1-16-6-2-5-9-21(16)25-15-22(28)27-26-14-17-10-12-18(13-11-17)30-23(29)19-7-3-4-8-20(19)24/h2-14,25H,15H2,1H3,(H,27,28)/b26-14+. The van der Waals surface area contributed by atoms with E-state index in [1.807, 2.05) is 37.3 Å². The van der Waals surface area contributed by atoms with Crippen molar-refractivity contribution in [2.24, 2.45) is 5.10 Å². The molecule has 0 aliphatic carbocycles. The quantitative estimate of drug-likeness (QED) is 0.232. The molecular weight excluding hydrogens is 446 g/mol. The highest BCUT2D eigenvalue weighted by Gasteiger charge is 2.11. The van der Waals surface area contributed by atoms with Gasteiger partial charge in [-0.25, -0.2) is 10.2 Å². The summed E-state index contributed by atoms with van der Waals surface area (Å²) in [5, 5.41) is 7.01. The number of amides is 1. The van der Waals surface area contributed by atoms with Crippen LogP contribution in [0.4, 0.5) is 5.69 Å². The summed E-state index contributed by atoms with van der Waals surface area (Å²) in [7, 11) is 0. The zero-order valence-corrected chi connectivity index (χ0v) is 17.8. The maximum Gasteiger partial charge on any atom is 0.344 e. The molecule has 0 atom stereocenters. The van der Waals surface area contributed by atoms with E-state index < -0.39 is 5.97 Å². The molecule has 0 radical (unpaired) electrons. The Morgan fingerprint density at radius 2 is 1.70 bits per heavy atom. The van der Waals surface area contributed by atoms with Crippen LogP contribution in [0.1, 0.15) is 21.5 Å². The van der Waals surface area contributed by atoms with E-state index in [4.69, 9.17) is 4.74 Å². The van der Waals surface area contributed by atoms with Gasteiger partial charge < -0.3 is 10.1 Å². The van der Waals surface area contributed by atoms with Gasteiger partial charge in [0, 0.05) is 10.2 Å². The van der Waals surface area contributed by atoms with Gasteiger partial charge in [-0.3, -0.25) is 4.79 Å². The molecule has 0 aliphatic heterocycles. The van der Waals surface area contributed by atoms with Gasteiger partial charge in [-0.15, -0.1) is 0 Å². The molecule has 0 aromatic heterocycles. The highest BCUT2D eigenvalue weighted by molar-refractivity contribution is 9.10. The molecule has 0 bridgehead atoms. The number of hydrazone groups is 1. The van der Waals surface area contributed by atoms with E-state index in [0.29, 0.717) is 15.8 Å². The fourth-order valence-corrected chi connectivity index (χ4v) is 3.02. The Balaban J connectivity index is 1.48. The van der Waals surface area contributed by atoms with E-state index in [1.165, 1.54) is 6.21 Å². The number of rotatable bonds is 7. The van der Waals surface area contributed by atoms with Crippen molar-refractivity contribution in [3.8, 4) is 5.75 Å². The van der Waals surface area contributed by atoms with Crippen molar-refractivity contribution in [1.82, 2.24) is 5.43 Å². The molecule has 0 heterocycles. The van der Waals surface area contributed by atoms with Gasteiger partial charge >= 0.3 is 5.97 Å². The number of nitrogens with zero attached hydrogens (tertiary/aromatic N) is 1. The van der Waals surface area contributed by atoms with Crippen LogP contribution in [0, 0.1) is 6.92 Å². The van der Waals surface area contributed by atoms with E-state index in [-0.39, 0.29) is 12.5 Å². The van der Waals surface area contributed by atoms with Crippen molar-refractivity contribution in [2.45, 2.75) is 6.92 Å². The molecule has 0 saturated carbocycles. The number of carbonyl (C=O) groups is 2. The number of aryl methyl sites for hydroxylation is 1. The number of para-hydroxylation sites is 1. The summed E-state index contributed by atoms with van der Waals surface area (Å²) in [6.07, 6.45) is 1.52. The number of esters is 1. The molecule has 6 nitrogen and oxygen atoms in total. The normalized spacial score (nSPS) is 10.6. The first kappa shape index (κ1) is 21.3. The monoisotopic (exact) mass is 465 g/mol. The van der Waals surface area contributed by atoms with Crippen molar-refractivity contribution in [3.05, 3.63) is 94.0 Å². The van der Waals surface area contributed by atoms with Crippen molar-refractivity contribution in [2.75, 3.05) is 11.9 Å². The SMILES string of the molecule is Cc1ccccc1NCC(=O)N/N=C/c1ccc(OC(=O)c2ccccc2Br)cc1. The Bertz CT molecular complexity index is 1070. The van der Waals surface area contributed by atoms with Crippen LogP contribution < -0.4 is 15.5 Å². The molecule has 0 unspecified atom stereocenters. The zero-order chi connectivity index (χ0) is 21.3. The largest absolute Gasteiger partial charge is 0.423 e. The molecule has 2 N–H and O–H groups in total. The van der Waals surface area contributed by atoms with Gasteiger partial charge in [-0.1, -0.05) is 30.3 Å². The van der Waals surface area contributed by atoms with E-state index >= 15 is 0 Å². The van der Waals surface area contributed by atoms with E-state index in [1.54, 1.807) is 42.5 Å². The number of anilines is 1. The lowest BCUT2D eigenvalue weighted by atomic mass is 10.2. The third kappa shape index (κ3) is 6.02. The highest BCUT2D eigenvalue weighted by Crippen LogP contribution is 2.19. The number of hydrogen-bond acceptors (Lipinski definition) is 5. The highest BCUT2D eigenvalue weighted by atomic mass is 79.9. The maximum atomic E-state index is 12.2. The third-order valence-electron chi connectivity index (χ3n) is 4.17. The topological polar surface area (TPSA) is 79.8 Å². The minimum atomic E-state index is -0.447. The predicted octanol–water partition coefficient (Wildman–Crippen LogP) is 4.54. The van der Waals surface area contributed by atoms with Crippen molar-refractivity contribution in [1.29, 1.82) is 0 Å². The van der Waals surface area contributed by atoms with Crippen LogP contribution in [0.5, 0.6) is 5.75 Å². The summed E-state index contributed by atoms with van der Waals surface area (Å²) in [4.78, 5) is 24.1. The van der Waals surface area contributed by atoms with E-state index in [0.717, 1.165) is 16.8 Å². The molecule has 1 amide bonds. The molecule has 152 valence electrons. The second-order valence-electron chi connectivity index (χ2n) is 6.40. The van der Waals surface area contributed by atoms with Gasteiger partial charge in [0.2, 0.25) is 0 Å². The Morgan fingerprint density at radius 3 is 2.43 bits per heavy atom. The summed E-state index contributed by atoms with van der Waals surface area (Å²) in [5.74, 6) is -0.287. The van der Waals surface area contributed by atoms with E-state index in [2.05, 4.69) is 31.8 Å². The Morgan fingerprint density at radius 1 is 1.00 bits per heavy atom. The van der Waals surface area contributed by atoms with Crippen LogP contribution in [-0.2, 0) is 4.79 Å². The summed E-state index contributed by atoms with van der Waals surface area (Å²) in [6.45, 7) is 2.09. The Labute approximate surface area is 183 Å². The van der Waals surface area contributed by atoms with Crippen LogP contribution in [-0.4, -0.2) is 24.6 Å². The predicted molar refractivity (Wildman–Crippen MR) is 121 cm³/mol. The number of nitrogens with one attached hydrogen (secondary N) is 2. The second kappa shape index (κ2) is 10.4. The molecule has 0 aliphatic rings. The molecule has 0 saturated heterocycles. The zero-order valence-electron chi connectivity index (χ0n) is 16.3. The lowest BCUT2D eigenvalue weighted by Gasteiger charge is -2.08. The van der Waals surface area contributed by atoms with Crippen molar-refractivity contribution in [3.63, 3.8) is 0 Å².